The van der Waals surface area contributed by atoms with Crippen LogP contribution in [0, 0.1) is 10.1 Å². The van der Waals surface area contributed by atoms with E-state index in [9.17, 15) is 28.1 Å². The summed E-state index contributed by atoms with van der Waals surface area (Å²) < 4.78 is 33.4. The quantitative estimate of drug-likeness (QED) is 0.364. The van der Waals surface area contributed by atoms with Gasteiger partial charge < -0.3 is 19.9 Å². The molecule has 2 heterocycles. The number of amides is 3. The van der Waals surface area contributed by atoms with Crippen molar-refractivity contribution >= 4 is 27.9 Å². The van der Waals surface area contributed by atoms with Crippen molar-refractivity contribution in [2.45, 2.75) is 38.1 Å². The fourth-order valence-electron chi connectivity index (χ4n) is 3.70. The Hall–Kier alpha value is -2.93. The Bertz CT molecular complexity index is 952. The molecule has 2 fully saturated rings. The van der Waals surface area contributed by atoms with Crippen LogP contribution in [0.5, 0.6) is 0 Å². The normalized spacial score (nSPS) is 23.7. The van der Waals surface area contributed by atoms with E-state index < -0.39 is 33.3 Å². The number of likely N-dealkylation sites (tertiary alicyclic amines) is 1. The van der Waals surface area contributed by atoms with Gasteiger partial charge in [-0.05, 0) is 31.0 Å². The van der Waals surface area contributed by atoms with Crippen molar-refractivity contribution in [1.29, 1.82) is 0 Å². The first kappa shape index (κ1) is 22.7. The number of urea groups is 1. The minimum atomic E-state index is -3.72. The van der Waals surface area contributed by atoms with Crippen molar-refractivity contribution in [3.05, 3.63) is 39.9 Å². The topological polar surface area (TPSA) is 148 Å². The molecule has 1 aromatic carbocycles. The molecule has 2 saturated heterocycles. The first-order chi connectivity index (χ1) is 14.5. The Balaban J connectivity index is 1.65. The molecule has 0 aromatic heterocycles. The molecule has 2 aliphatic heterocycles. The molecular formula is C18H24N4O8S. The number of non-ortho nitro benzene ring substituents is 1. The van der Waals surface area contributed by atoms with Gasteiger partial charge in [-0.15, -0.1) is 0 Å². The second kappa shape index (κ2) is 9.06. The van der Waals surface area contributed by atoms with Crippen LogP contribution in [-0.2, 0) is 25.6 Å². The van der Waals surface area contributed by atoms with Gasteiger partial charge in [0.1, 0.15) is 6.61 Å². The average Bonchev–Trinajstić information content (AvgIpc) is 3.20. The summed E-state index contributed by atoms with van der Waals surface area (Å²) in [6.07, 6.45) is -0.254. The van der Waals surface area contributed by atoms with Gasteiger partial charge in [0, 0.05) is 31.3 Å². The third-order valence-corrected chi connectivity index (χ3v) is 5.64. The van der Waals surface area contributed by atoms with Gasteiger partial charge in [-0.25, -0.2) is 9.59 Å². The highest BCUT2D eigenvalue weighted by Crippen LogP contribution is 2.25. The van der Waals surface area contributed by atoms with Gasteiger partial charge in [0.25, 0.3) is 15.8 Å². The van der Waals surface area contributed by atoms with Crippen LogP contribution in [0.25, 0.3) is 0 Å². The van der Waals surface area contributed by atoms with E-state index >= 15 is 0 Å². The van der Waals surface area contributed by atoms with Crippen LogP contribution in [0.2, 0.25) is 0 Å². The standard InChI is InChI=1S/C18H24N4O8S/c1-12-8-20(17(23)19-12)9-15-7-16(30-31(2,27)28)10-21(15)18(24)29-11-13-3-5-14(6-4-13)22(25)26/h3-6,12,15-16H,7-11H2,1-2H3,(H,19,23)/t12-,15-,16+/m0/s1. The lowest BCUT2D eigenvalue weighted by Gasteiger charge is -2.27. The third-order valence-electron chi connectivity index (χ3n) is 5.01. The molecule has 3 atom stereocenters. The molecule has 1 N–H and O–H groups in total. The van der Waals surface area contributed by atoms with Gasteiger partial charge in [-0.2, -0.15) is 8.42 Å². The summed E-state index contributed by atoms with van der Waals surface area (Å²) in [5.41, 5.74) is 0.486. The number of nitrogens with zero attached hydrogens (tertiary/aromatic N) is 3. The first-order valence-corrected chi connectivity index (χ1v) is 11.4. The molecule has 13 heteroatoms. The van der Waals surface area contributed by atoms with Gasteiger partial charge >= 0.3 is 12.1 Å². The van der Waals surface area contributed by atoms with Crippen molar-refractivity contribution in [2.75, 3.05) is 25.9 Å². The molecule has 12 nitrogen and oxygen atoms in total. The van der Waals surface area contributed by atoms with Gasteiger partial charge in [0.2, 0.25) is 0 Å². The highest BCUT2D eigenvalue weighted by atomic mass is 32.2. The van der Waals surface area contributed by atoms with Crippen molar-refractivity contribution in [3.63, 3.8) is 0 Å². The lowest BCUT2D eigenvalue weighted by Crippen LogP contribution is -2.44. The highest BCUT2D eigenvalue weighted by molar-refractivity contribution is 7.86. The van der Waals surface area contributed by atoms with E-state index in [-0.39, 0.29) is 43.9 Å². The number of nitro benzene ring substituents is 1. The lowest BCUT2D eigenvalue weighted by atomic mass is 10.2. The zero-order chi connectivity index (χ0) is 22.8. The SMILES string of the molecule is C[C@H]1CN(C[C@@H]2C[C@@H](OS(C)(=O)=O)CN2C(=O)OCc2ccc([N+](=O)[O-])cc2)C(=O)N1. The lowest BCUT2D eigenvalue weighted by molar-refractivity contribution is -0.384. The molecule has 0 spiro atoms. The van der Waals surface area contributed by atoms with Crippen LogP contribution in [0.3, 0.4) is 0 Å². The fraction of sp³-hybridized carbons (Fsp3) is 0.556. The Morgan fingerprint density at radius 1 is 1.29 bits per heavy atom. The molecule has 3 rings (SSSR count). The van der Waals surface area contributed by atoms with E-state index in [1.54, 1.807) is 4.90 Å². The summed E-state index contributed by atoms with van der Waals surface area (Å²) in [6, 6.07) is 4.83. The van der Waals surface area contributed by atoms with Crippen LogP contribution < -0.4 is 5.32 Å². The van der Waals surface area contributed by atoms with Crippen LogP contribution in [0.4, 0.5) is 15.3 Å². The molecule has 2 aliphatic rings. The number of carbonyl (C=O) groups excluding carboxylic acids is 2. The minimum Gasteiger partial charge on any atom is -0.445 e. The van der Waals surface area contributed by atoms with E-state index in [0.717, 1.165) is 6.26 Å². The number of hydrogen-bond donors (Lipinski definition) is 1. The predicted octanol–water partition coefficient (Wildman–Crippen LogP) is 1.06. The van der Waals surface area contributed by atoms with Crippen molar-refractivity contribution in [2.24, 2.45) is 0 Å². The molecule has 1 aromatic rings. The predicted molar refractivity (Wildman–Crippen MR) is 108 cm³/mol. The average molecular weight is 456 g/mol. The molecule has 0 aliphatic carbocycles. The highest BCUT2D eigenvalue weighted by Gasteiger charge is 2.41. The summed E-state index contributed by atoms with van der Waals surface area (Å²) in [4.78, 5) is 37.9. The molecule has 0 unspecified atom stereocenters. The summed E-state index contributed by atoms with van der Waals surface area (Å²) in [5, 5.41) is 13.5. The minimum absolute atomic E-state index is 0.00183. The zero-order valence-corrected chi connectivity index (χ0v) is 17.9. The fourth-order valence-corrected chi connectivity index (χ4v) is 4.34. The summed E-state index contributed by atoms with van der Waals surface area (Å²) in [7, 11) is -3.72. The second-order valence-corrected chi connectivity index (χ2v) is 9.30. The zero-order valence-electron chi connectivity index (χ0n) is 17.1. The number of rotatable bonds is 7. The molecule has 0 bridgehead atoms. The van der Waals surface area contributed by atoms with E-state index in [0.29, 0.717) is 12.1 Å². The van der Waals surface area contributed by atoms with Crippen LogP contribution in [0.15, 0.2) is 24.3 Å². The molecule has 0 saturated carbocycles. The van der Waals surface area contributed by atoms with E-state index in [1.165, 1.54) is 29.2 Å². The van der Waals surface area contributed by atoms with Crippen LogP contribution >= 0.6 is 0 Å². The maximum Gasteiger partial charge on any atom is 0.410 e. The summed E-state index contributed by atoms with van der Waals surface area (Å²) in [6.45, 7) is 2.43. The molecule has 170 valence electrons. The Kier molecular flexibility index (Phi) is 6.65. The number of nitro groups is 1. The van der Waals surface area contributed by atoms with Crippen molar-refractivity contribution in [1.82, 2.24) is 15.1 Å². The summed E-state index contributed by atoms with van der Waals surface area (Å²) in [5.74, 6) is 0. The number of nitrogens with one attached hydrogen (secondary N) is 1. The molecule has 3 amide bonds. The number of ether oxygens (including phenoxy) is 1. The molecular weight excluding hydrogens is 432 g/mol. The Labute approximate surface area is 179 Å². The second-order valence-electron chi connectivity index (χ2n) is 7.70. The first-order valence-electron chi connectivity index (χ1n) is 9.62. The van der Waals surface area contributed by atoms with Gasteiger partial charge in [-0.3, -0.25) is 14.3 Å². The maximum absolute atomic E-state index is 12.7. The molecule has 31 heavy (non-hydrogen) atoms. The summed E-state index contributed by atoms with van der Waals surface area (Å²) >= 11 is 0. The van der Waals surface area contributed by atoms with Crippen LogP contribution in [0.1, 0.15) is 18.9 Å². The molecule has 0 radical (unpaired) electrons. The number of hydrogen-bond acceptors (Lipinski definition) is 8. The Morgan fingerprint density at radius 3 is 2.52 bits per heavy atom. The Morgan fingerprint density at radius 2 is 1.97 bits per heavy atom. The van der Waals surface area contributed by atoms with Crippen molar-refractivity contribution in [3.8, 4) is 0 Å². The maximum atomic E-state index is 12.7. The largest absolute Gasteiger partial charge is 0.445 e. The van der Waals surface area contributed by atoms with Gasteiger partial charge in [-0.1, -0.05) is 0 Å². The van der Waals surface area contributed by atoms with E-state index in [4.69, 9.17) is 8.92 Å². The number of carbonyl (C=O) groups is 2. The monoisotopic (exact) mass is 456 g/mol. The number of benzene rings is 1. The van der Waals surface area contributed by atoms with Gasteiger partial charge in [0.05, 0.1) is 29.9 Å². The third kappa shape index (κ3) is 6.04. The smallest absolute Gasteiger partial charge is 0.410 e. The van der Waals surface area contributed by atoms with E-state index in [2.05, 4.69) is 5.32 Å². The van der Waals surface area contributed by atoms with Crippen LogP contribution in [-0.4, -0.2) is 79.3 Å². The van der Waals surface area contributed by atoms with Crippen molar-refractivity contribution < 1.29 is 31.9 Å². The van der Waals surface area contributed by atoms with E-state index in [1.807, 2.05) is 6.92 Å². The van der Waals surface area contributed by atoms with Gasteiger partial charge in [0.15, 0.2) is 0 Å².